The van der Waals surface area contributed by atoms with Crippen molar-refractivity contribution < 1.29 is 23.4 Å². The van der Waals surface area contributed by atoms with Crippen molar-refractivity contribution in [1.82, 2.24) is 24.7 Å². The monoisotopic (exact) mass is 586 g/mol. The summed E-state index contributed by atoms with van der Waals surface area (Å²) < 4.78 is 33.7. The molecule has 0 unspecified atom stereocenters. The molecule has 41 heavy (non-hydrogen) atoms. The van der Waals surface area contributed by atoms with Gasteiger partial charge in [-0.3, -0.25) is 10.2 Å². The average molecular weight is 587 g/mol. The first-order valence-electron chi connectivity index (χ1n) is 14.0. The van der Waals surface area contributed by atoms with E-state index in [1.54, 1.807) is 12.1 Å². The van der Waals surface area contributed by atoms with E-state index in [2.05, 4.69) is 47.1 Å². The average Bonchev–Trinajstić information content (AvgIpc) is 3.28. The fourth-order valence-electron chi connectivity index (χ4n) is 4.80. The highest BCUT2D eigenvalue weighted by Gasteiger charge is 2.23. The van der Waals surface area contributed by atoms with Crippen molar-refractivity contribution >= 4 is 31.0 Å². The molecule has 3 aromatic rings. The first-order valence-corrected chi connectivity index (χ1v) is 17.7. The number of amides is 2. The number of carbonyl (C=O) groups excluding carboxylic acids is 1. The number of nitrogens with zero attached hydrogens (tertiary/aromatic N) is 4. The third-order valence-corrected chi connectivity index (χ3v) is 8.97. The smallest absolute Gasteiger partial charge is 0.320 e. The highest BCUT2D eigenvalue weighted by atomic mass is 28.3. The van der Waals surface area contributed by atoms with E-state index in [-0.39, 0.29) is 18.5 Å². The van der Waals surface area contributed by atoms with Crippen molar-refractivity contribution in [2.75, 3.05) is 72.5 Å². The van der Waals surface area contributed by atoms with Crippen LogP contribution in [0.1, 0.15) is 0 Å². The Morgan fingerprint density at radius 3 is 2.51 bits per heavy atom. The number of nitrogens with one attached hydrogen (secondary N) is 2. The van der Waals surface area contributed by atoms with Gasteiger partial charge in [0, 0.05) is 71.1 Å². The molecular formula is C29H43FN6O4Si. The van der Waals surface area contributed by atoms with Crippen LogP contribution in [0.3, 0.4) is 0 Å². The summed E-state index contributed by atoms with van der Waals surface area (Å²) in [4.78, 5) is 22.1. The minimum Gasteiger partial charge on any atom is -0.496 e. The molecule has 2 aromatic heterocycles. The van der Waals surface area contributed by atoms with Gasteiger partial charge in [0.1, 0.15) is 23.9 Å². The summed E-state index contributed by atoms with van der Waals surface area (Å²) >= 11 is 0. The number of methoxy groups -OCH3 is 2. The first kappa shape index (κ1) is 30.8. The number of halogens is 1. The zero-order valence-corrected chi connectivity index (χ0v) is 26.1. The number of pyridine rings is 1. The first-order chi connectivity index (χ1) is 19.6. The summed E-state index contributed by atoms with van der Waals surface area (Å²) in [6, 6.07) is 7.21. The number of likely N-dealkylation sites (N-methyl/N-ethyl adjacent to an activating group) is 1. The molecule has 1 aliphatic heterocycles. The van der Waals surface area contributed by atoms with E-state index in [9.17, 15) is 9.18 Å². The van der Waals surface area contributed by atoms with Gasteiger partial charge < -0.3 is 29.0 Å². The quantitative estimate of drug-likeness (QED) is 0.238. The number of hydrogen-bond acceptors (Lipinski definition) is 7. The summed E-state index contributed by atoms with van der Waals surface area (Å²) in [5, 5.41) is 6.53. The molecule has 0 radical (unpaired) electrons. The molecule has 0 saturated carbocycles. The molecule has 1 saturated heterocycles. The number of aromatic nitrogens is 2. The van der Waals surface area contributed by atoms with Crippen LogP contribution in [-0.2, 0) is 11.5 Å². The third-order valence-electron chi connectivity index (χ3n) is 7.26. The Morgan fingerprint density at radius 1 is 1.07 bits per heavy atom. The SMILES string of the molecule is COc1ccc(F)c(OC)c1-c1cn(COCC[Si](C)(C)C)c2nc(NC(=O)NCCN3CCN(C)CC3)ccc12. The molecule has 4 rings (SSSR count). The van der Waals surface area contributed by atoms with Crippen LogP contribution >= 0.6 is 0 Å². The number of carbonyl (C=O) groups is 1. The number of hydrogen-bond donors (Lipinski definition) is 2. The van der Waals surface area contributed by atoms with E-state index >= 15 is 0 Å². The van der Waals surface area contributed by atoms with Crippen molar-refractivity contribution in [3.8, 4) is 22.6 Å². The number of fused-ring (bicyclic) bond motifs is 1. The maximum absolute atomic E-state index is 14.8. The van der Waals surface area contributed by atoms with Gasteiger partial charge >= 0.3 is 6.03 Å². The van der Waals surface area contributed by atoms with Gasteiger partial charge in [0.05, 0.1) is 19.8 Å². The zero-order valence-electron chi connectivity index (χ0n) is 25.1. The lowest BCUT2D eigenvalue weighted by Crippen LogP contribution is -2.47. The van der Waals surface area contributed by atoms with E-state index < -0.39 is 13.9 Å². The largest absolute Gasteiger partial charge is 0.496 e. The Kier molecular flexibility index (Phi) is 10.2. The predicted molar refractivity (Wildman–Crippen MR) is 163 cm³/mol. The van der Waals surface area contributed by atoms with Gasteiger partial charge in [-0.1, -0.05) is 19.6 Å². The molecule has 224 valence electrons. The fraction of sp³-hybridized carbons (Fsp3) is 0.517. The number of benzene rings is 1. The van der Waals surface area contributed by atoms with Gasteiger partial charge in [0.15, 0.2) is 11.6 Å². The maximum Gasteiger partial charge on any atom is 0.320 e. The Morgan fingerprint density at radius 2 is 1.83 bits per heavy atom. The highest BCUT2D eigenvalue weighted by molar-refractivity contribution is 6.76. The number of anilines is 1. The molecule has 2 amide bonds. The standard InChI is InChI=1S/C29H43FN6O4Si/c1-34-13-15-35(16-14-34)12-11-31-29(37)33-25-10-7-21-22(26-24(38-2)9-8-23(30)27(26)39-3)19-36(28(21)32-25)20-40-17-18-41(4,5)6/h7-10,19H,11-18,20H2,1-6H3,(H2,31,32,33,37). The lowest BCUT2D eigenvalue weighted by molar-refractivity contribution is 0.0899. The molecule has 0 aliphatic carbocycles. The predicted octanol–water partition coefficient (Wildman–Crippen LogP) is 4.54. The van der Waals surface area contributed by atoms with Crippen molar-refractivity contribution in [2.45, 2.75) is 32.4 Å². The summed E-state index contributed by atoms with van der Waals surface area (Å²) in [6.07, 6.45) is 1.87. The van der Waals surface area contributed by atoms with E-state index in [1.165, 1.54) is 20.3 Å². The third kappa shape index (κ3) is 7.97. The van der Waals surface area contributed by atoms with E-state index in [0.717, 1.165) is 44.2 Å². The molecule has 1 fully saturated rings. The zero-order chi connectivity index (χ0) is 29.6. The Balaban J connectivity index is 1.57. The summed E-state index contributed by atoms with van der Waals surface area (Å²) in [7, 11) is 3.83. The van der Waals surface area contributed by atoms with Crippen molar-refractivity contribution in [2.24, 2.45) is 0 Å². The summed E-state index contributed by atoms with van der Waals surface area (Å²) in [5.41, 5.74) is 1.78. The molecule has 1 aromatic carbocycles. The molecule has 2 N–H and O–H groups in total. The molecule has 3 heterocycles. The molecular weight excluding hydrogens is 543 g/mol. The molecule has 0 bridgehead atoms. The Labute approximate surface area is 242 Å². The van der Waals surface area contributed by atoms with Crippen LogP contribution in [0.15, 0.2) is 30.5 Å². The molecule has 10 nitrogen and oxygen atoms in total. The van der Waals surface area contributed by atoms with Crippen LogP contribution in [0.25, 0.3) is 22.2 Å². The van der Waals surface area contributed by atoms with E-state index in [0.29, 0.717) is 41.5 Å². The van der Waals surface area contributed by atoms with Crippen LogP contribution < -0.4 is 20.1 Å². The number of rotatable bonds is 12. The minimum absolute atomic E-state index is 0.0879. The molecule has 1 aliphatic rings. The van der Waals surface area contributed by atoms with Crippen molar-refractivity contribution in [3.63, 3.8) is 0 Å². The molecule has 0 atom stereocenters. The van der Waals surface area contributed by atoms with Crippen LogP contribution in [0.2, 0.25) is 25.7 Å². The number of piperazine rings is 1. The van der Waals surface area contributed by atoms with Gasteiger partial charge in [-0.15, -0.1) is 0 Å². The topological polar surface area (TPSA) is 93.1 Å². The number of urea groups is 1. The van der Waals surface area contributed by atoms with Crippen LogP contribution in [-0.4, -0.2) is 101 Å². The van der Waals surface area contributed by atoms with Gasteiger partial charge in [-0.25, -0.2) is 14.2 Å². The fourth-order valence-corrected chi connectivity index (χ4v) is 5.55. The van der Waals surface area contributed by atoms with Gasteiger partial charge in [0.2, 0.25) is 0 Å². The number of ether oxygens (including phenoxy) is 3. The second kappa shape index (κ2) is 13.6. The van der Waals surface area contributed by atoms with Crippen molar-refractivity contribution in [1.29, 1.82) is 0 Å². The van der Waals surface area contributed by atoms with Crippen molar-refractivity contribution in [3.05, 3.63) is 36.3 Å². The normalized spacial score (nSPS) is 14.8. The highest BCUT2D eigenvalue weighted by Crippen LogP contribution is 2.43. The van der Waals surface area contributed by atoms with Crippen LogP contribution in [0.5, 0.6) is 11.5 Å². The Bertz CT molecular complexity index is 1340. The second-order valence-electron chi connectivity index (χ2n) is 11.6. The lowest BCUT2D eigenvalue weighted by atomic mass is 10.0. The van der Waals surface area contributed by atoms with Crippen LogP contribution in [0, 0.1) is 5.82 Å². The summed E-state index contributed by atoms with van der Waals surface area (Å²) in [6.45, 7) is 13.2. The van der Waals surface area contributed by atoms with E-state index in [4.69, 9.17) is 19.2 Å². The second-order valence-corrected chi connectivity index (χ2v) is 17.2. The summed E-state index contributed by atoms with van der Waals surface area (Å²) in [5.74, 6) is 0.477. The minimum atomic E-state index is -1.26. The molecule has 0 spiro atoms. The van der Waals surface area contributed by atoms with Gasteiger partial charge in [0.25, 0.3) is 0 Å². The van der Waals surface area contributed by atoms with Gasteiger partial charge in [-0.05, 0) is 37.4 Å². The molecule has 12 heteroatoms. The van der Waals surface area contributed by atoms with Crippen LogP contribution in [0.4, 0.5) is 15.0 Å². The van der Waals surface area contributed by atoms with E-state index in [1.807, 2.05) is 16.8 Å². The lowest BCUT2D eigenvalue weighted by Gasteiger charge is -2.32. The van der Waals surface area contributed by atoms with Gasteiger partial charge in [-0.2, -0.15) is 0 Å². The maximum atomic E-state index is 14.8. The Hall–Kier alpha value is -3.19.